The van der Waals surface area contributed by atoms with E-state index in [0.29, 0.717) is 48.3 Å². The lowest BCUT2D eigenvalue weighted by atomic mass is 10.2. The number of nitrogens with two attached hydrogens (primary N) is 1. The number of benzene rings is 1. The van der Waals surface area contributed by atoms with Gasteiger partial charge in [0.1, 0.15) is 0 Å². The van der Waals surface area contributed by atoms with Crippen LogP contribution in [0.2, 0.25) is 10.0 Å². The van der Waals surface area contributed by atoms with Crippen molar-refractivity contribution in [1.29, 1.82) is 0 Å². The van der Waals surface area contributed by atoms with E-state index >= 15 is 0 Å². The zero-order valence-electron chi connectivity index (χ0n) is 11.8. The lowest BCUT2D eigenvalue weighted by Crippen LogP contribution is -2.49. The fraction of sp³-hybridized carbons (Fsp3) is 0.462. The molecule has 1 fully saturated rings. The molecule has 6 nitrogen and oxygen atoms in total. The molecule has 1 aliphatic heterocycles. The van der Waals surface area contributed by atoms with Crippen LogP contribution < -0.4 is 5.14 Å². The lowest BCUT2D eigenvalue weighted by molar-refractivity contribution is 0.0644. The van der Waals surface area contributed by atoms with Gasteiger partial charge >= 0.3 is 0 Å². The van der Waals surface area contributed by atoms with Crippen LogP contribution in [0.4, 0.5) is 0 Å². The van der Waals surface area contributed by atoms with E-state index in [4.69, 9.17) is 28.3 Å². The summed E-state index contributed by atoms with van der Waals surface area (Å²) >= 11 is 11.8. The predicted octanol–water partition coefficient (Wildman–Crippen LogP) is 1.04. The first-order valence-electron chi connectivity index (χ1n) is 6.73. The van der Waals surface area contributed by atoms with Gasteiger partial charge in [0, 0.05) is 48.3 Å². The van der Waals surface area contributed by atoms with Gasteiger partial charge in [-0.25, -0.2) is 13.6 Å². The highest BCUT2D eigenvalue weighted by atomic mass is 35.5. The van der Waals surface area contributed by atoms with Crippen molar-refractivity contribution in [2.24, 2.45) is 5.14 Å². The minimum absolute atomic E-state index is 0.0785. The van der Waals surface area contributed by atoms with E-state index in [1.54, 1.807) is 23.1 Å². The maximum Gasteiger partial charge on any atom is 0.254 e. The molecule has 0 saturated carbocycles. The Kier molecular flexibility index (Phi) is 5.68. The molecule has 122 valence electrons. The number of carbonyl (C=O) groups excluding carboxylic acids is 1. The normalized spacial score (nSPS) is 16.8. The quantitative estimate of drug-likeness (QED) is 0.863. The Hall–Kier alpha value is -0.860. The number of carbonyl (C=O) groups is 1. The van der Waals surface area contributed by atoms with Crippen molar-refractivity contribution in [3.8, 4) is 0 Å². The molecule has 0 bridgehead atoms. The minimum Gasteiger partial charge on any atom is -0.336 e. The molecule has 0 atom stereocenters. The van der Waals surface area contributed by atoms with Crippen LogP contribution in [0.25, 0.3) is 0 Å². The second-order valence-corrected chi connectivity index (χ2v) is 7.77. The van der Waals surface area contributed by atoms with Crippen LogP contribution in [0.1, 0.15) is 10.4 Å². The Labute approximate surface area is 139 Å². The molecule has 0 aliphatic carbocycles. The number of hydrogen-bond donors (Lipinski definition) is 1. The largest absolute Gasteiger partial charge is 0.336 e. The topological polar surface area (TPSA) is 83.7 Å². The molecule has 9 heteroatoms. The molecule has 1 heterocycles. The SMILES string of the molecule is NS(=O)(=O)CCN1CCN(C(=O)c2cc(Cl)cc(Cl)c2)CC1. The first-order valence-corrected chi connectivity index (χ1v) is 9.20. The highest BCUT2D eigenvalue weighted by Crippen LogP contribution is 2.20. The van der Waals surface area contributed by atoms with Crippen molar-refractivity contribution in [2.45, 2.75) is 0 Å². The summed E-state index contributed by atoms with van der Waals surface area (Å²) in [6.45, 7) is 2.64. The number of amides is 1. The van der Waals surface area contributed by atoms with Gasteiger partial charge in [0.05, 0.1) is 5.75 Å². The van der Waals surface area contributed by atoms with Gasteiger partial charge in [0.25, 0.3) is 5.91 Å². The zero-order chi connectivity index (χ0) is 16.3. The number of primary sulfonamides is 1. The van der Waals surface area contributed by atoms with Crippen molar-refractivity contribution in [3.63, 3.8) is 0 Å². The van der Waals surface area contributed by atoms with Crippen LogP contribution in [0.5, 0.6) is 0 Å². The molecular formula is C13H17Cl2N3O3S. The molecule has 0 spiro atoms. The molecule has 0 radical (unpaired) electrons. The third-order valence-corrected chi connectivity index (χ3v) is 4.65. The molecule has 1 aliphatic rings. The monoisotopic (exact) mass is 365 g/mol. The number of nitrogens with zero attached hydrogens (tertiary/aromatic N) is 2. The molecule has 0 unspecified atom stereocenters. The standard InChI is InChI=1S/C13H17Cl2N3O3S/c14-11-7-10(8-12(15)9-11)13(19)18-3-1-17(2-4-18)5-6-22(16,20)21/h7-9H,1-6H2,(H2,16,20,21). The molecule has 2 rings (SSSR count). The first kappa shape index (κ1) is 17.5. The Balaban J connectivity index is 1.92. The van der Waals surface area contributed by atoms with E-state index in [9.17, 15) is 13.2 Å². The predicted molar refractivity (Wildman–Crippen MR) is 86.8 cm³/mol. The molecule has 1 aromatic carbocycles. The molecule has 2 N–H and O–H groups in total. The summed E-state index contributed by atoms with van der Waals surface area (Å²) in [5.41, 5.74) is 0.454. The average Bonchev–Trinajstić information content (AvgIpc) is 2.43. The van der Waals surface area contributed by atoms with Gasteiger partial charge < -0.3 is 4.90 Å². The highest BCUT2D eigenvalue weighted by molar-refractivity contribution is 7.89. The van der Waals surface area contributed by atoms with Gasteiger partial charge in [-0.2, -0.15) is 0 Å². The van der Waals surface area contributed by atoms with Crippen molar-refractivity contribution in [3.05, 3.63) is 33.8 Å². The summed E-state index contributed by atoms with van der Waals surface area (Å²) in [4.78, 5) is 16.1. The molecule has 1 saturated heterocycles. The number of halogens is 2. The van der Waals surface area contributed by atoms with Gasteiger partial charge in [-0.05, 0) is 18.2 Å². The summed E-state index contributed by atoms with van der Waals surface area (Å²) in [7, 11) is -3.46. The smallest absolute Gasteiger partial charge is 0.254 e. The third kappa shape index (κ3) is 5.10. The maximum absolute atomic E-state index is 12.4. The van der Waals surface area contributed by atoms with E-state index in [0.717, 1.165) is 0 Å². The Bertz CT molecular complexity index is 638. The van der Waals surface area contributed by atoms with Crippen LogP contribution in [0.3, 0.4) is 0 Å². The highest BCUT2D eigenvalue weighted by Gasteiger charge is 2.23. The van der Waals surface area contributed by atoms with Crippen LogP contribution in [-0.2, 0) is 10.0 Å². The Morgan fingerprint density at radius 2 is 1.64 bits per heavy atom. The molecule has 0 aromatic heterocycles. The van der Waals surface area contributed by atoms with Crippen molar-refractivity contribution < 1.29 is 13.2 Å². The van der Waals surface area contributed by atoms with E-state index in [1.165, 1.54) is 0 Å². The fourth-order valence-corrected chi connectivity index (χ4v) is 3.33. The number of piperazine rings is 1. The average molecular weight is 366 g/mol. The van der Waals surface area contributed by atoms with Crippen molar-refractivity contribution in [1.82, 2.24) is 9.80 Å². The van der Waals surface area contributed by atoms with Crippen LogP contribution in [0.15, 0.2) is 18.2 Å². The number of sulfonamides is 1. The maximum atomic E-state index is 12.4. The molecular weight excluding hydrogens is 349 g/mol. The van der Waals surface area contributed by atoms with E-state index in [-0.39, 0.29) is 11.7 Å². The van der Waals surface area contributed by atoms with Crippen LogP contribution >= 0.6 is 23.2 Å². The second-order valence-electron chi connectivity index (χ2n) is 5.16. The number of hydrogen-bond acceptors (Lipinski definition) is 4. The van der Waals surface area contributed by atoms with E-state index < -0.39 is 10.0 Å². The van der Waals surface area contributed by atoms with Gasteiger partial charge in [-0.3, -0.25) is 9.69 Å². The molecule has 22 heavy (non-hydrogen) atoms. The van der Waals surface area contributed by atoms with Gasteiger partial charge in [0.15, 0.2) is 0 Å². The summed E-state index contributed by atoms with van der Waals surface area (Å²) < 4.78 is 21.9. The molecule has 1 amide bonds. The summed E-state index contributed by atoms with van der Waals surface area (Å²) in [6.07, 6.45) is 0. The van der Waals surface area contributed by atoms with Crippen molar-refractivity contribution in [2.75, 3.05) is 38.5 Å². The summed E-state index contributed by atoms with van der Waals surface area (Å²) in [6, 6.07) is 4.75. The Morgan fingerprint density at radius 1 is 1.09 bits per heavy atom. The minimum atomic E-state index is -3.46. The van der Waals surface area contributed by atoms with E-state index in [1.807, 2.05) is 4.90 Å². The van der Waals surface area contributed by atoms with Gasteiger partial charge in [-0.15, -0.1) is 0 Å². The fourth-order valence-electron chi connectivity index (χ4n) is 2.29. The third-order valence-electron chi connectivity index (χ3n) is 3.46. The summed E-state index contributed by atoms with van der Waals surface area (Å²) in [5.74, 6) is -0.208. The Morgan fingerprint density at radius 3 is 2.14 bits per heavy atom. The lowest BCUT2D eigenvalue weighted by Gasteiger charge is -2.34. The van der Waals surface area contributed by atoms with Gasteiger partial charge in [-0.1, -0.05) is 23.2 Å². The molecule has 1 aromatic rings. The van der Waals surface area contributed by atoms with Crippen LogP contribution in [-0.4, -0.2) is 62.6 Å². The zero-order valence-corrected chi connectivity index (χ0v) is 14.2. The van der Waals surface area contributed by atoms with Gasteiger partial charge in [0.2, 0.25) is 10.0 Å². The van der Waals surface area contributed by atoms with Crippen molar-refractivity contribution >= 4 is 39.1 Å². The number of rotatable bonds is 4. The first-order chi connectivity index (χ1) is 10.2. The van der Waals surface area contributed by atoms with Crippen LogP contribution in [0, 0.1) is 0 Å². The second kappa shape index (κ2) is 7.14. The summed E-state index contributed by atoms with van der Waals surface area (Å²) in [5, 5.41) is 5.83. The van der Waals surface area contributed by atoms with E-state index in [2.05, 4.69) is 0 Å².